The van der Waals surface area contributed by atoms with Gasteiger partial charge in [-0.15, -0.1) is 0 Å². The molecule has 0 radical (unpaired) electrons. The van der Waals surface area contributed by atoms with Crippen LogP contribution < -0.4 is 9.47 Å². The molecule has 0 spiro atoms. The third-order valence-corrected chi connectivity index (χ3v) is 4.39. The van der Waals surface area contributed by atoms with Crippen molar-refractivity contribution < 1.29 is 23.9 Å². The van der Waals surface area contributed by atoms with Crippen molar-refractivity contribution in [2.45, 2.75) is 39.4 Å². The molecule has 0 fully saturated rings. The van der Waals surface area contributed by atoms with Gasteiger partial charge in [-0.3, -0.25) is 19.3 Å². The van der Waals surface area contributed by atoms with Gasteiger partial charge in [-0.25, -0.2) is 0 Å². The summed E-state index contributed by atoms with van der Waals surface area (Å²) in [7, 11) is 0. The van der Waals surface area contributed by atoms with Crippen LogP contribution >= 0.6 is 0 Å². The van der Waals surface area contributed by atoms with Crippen molar-refractivity contribution in [3.8, 4) is 11.5 Å². The fraction of sp³-hybridized carbons (Fsp3) is 0.318. The van der Waals surface area contributed by atoms with Crippen LogP contribution in [0.5, 0.6) is 11.5 Å². The highest BCUT2D eigenvalue weighted by Gasteiger charge is 2.36. The number of ketones is 1. The number of fused-ring (bicyclic) bond motifs is 1. The van der Waals surface area contributed by atoms with Crippen LogP contribution in [0.25, 0.3) is 0 Å². The van der Waals surface area contributed by atoms with E-state index in [2.05, 4.69) is 0 Å². The van der Waals surface area contributed by atoms with Crippen molar-refractivity contribution in [1.82, 2.24) is 4.90 Å². The zero-order chi connectivity index (χ0) is 20.3. The fourth-order valence-electron chi connectivity index (χ4n) is 3.00. The van der Waals surface area contributed by atoms with E-state index in [1.165, 1.54) is 0 Å². The molecule has 28 heavy (non-hydrogen) atoms. The summed E-state index contributed by atoms with van der Waals surface area (Å²) in [4.78, 5) is 39.4. The molecule has 146 valence electrons. The molecule has 6 heteroatoms. The summed E-state index contributed by atoms with van der Waals surface area (Å²) < 4.78 is 11.3. The molecule has 2 aromatic rings. The highest BCUT2D eigenvalue weighted by Crippen LogP contribution is 2.26. The van der Waals surface area contributed by atoms with Gasteiger partial charge in [0, 0.05) is 5.56 Å². The average Bonchev–Trinajstić information content (AvgIpc) is 2.78. The van der Waals surface area contributed by atoms with E-state index in [4.69, 9.17) is 9.47 Å². The van der Waals surface area contributed by atoms with Crippen LogP contribution in [-0.2, 0) is 4.79 Å². The first-order chi connectivity index (χ1) is 13.4. The smallest absolute Gasteiger partial charge is 0.270 e. The second kappa shape index (κ2) is 8.25. The normalized spacial score (nSPS) is 16.4. The summed E-state index contributed by atoms with van der Waals surface area (Å²) in [5.74, 6) is -0.340. The Kier molecular flexibility index (Phi) is 5.78. The van der Waals surface area contributed by atoms with E-state index in [1.807, 2.05) is 13.8 Å². The van der Waals surface area contributed by atoms with Gasteiger partial charge < -0.3 is 9.47 Å². The maximum atomic E-state index is 12.9. The van der Waals surface area contributed by atoms with Crippen LogP contribution in [0.4, 0.5) is 0 Å². The maximum Gasteiger partial charge on any atom is 0.270 e. The van der Waals surface area contributed by atoms with Crippen LogP contribution in [-0.4, -0.2) is 41.3 Å². The molecule has 0 bridgehead atoms. The van der Waals surface area contributed by atoms with Gasteiger partial charge in [-0.2, -0.15) is 0 Å². The van der Waals surface area contributed by atoms with Crippen LogP contribution in [0, 0.1) is 0 Å². The largest absolute Gasteiger partial charge is 0.491 e. The molecule has 0 saturated carbocycles. The van der Waals surface area contributed by atoms with Gasteiger partial charge in [0.1, 0.15) is 11.5 Å². The van der Waals surface area contributed by atoms with Crippen molar-refractivity contribution in [3.05, 3.63) is 59.7 Å². The lowest BCUT2D eigenvalue weighted by atomic mass is 10.1. The second-order valence-corrected chi connectivity index (χ2v) is 6.85. The standard InChI is InChI=1S/C22H23NO5/c1-4-19-22(26)23(21(25)17-7-5-6-8-20(17)28-19)13-18(24)15-9-11-16(12-10-15)27-14(2)3/h5-12,14,19H,4,13H2,1-3H3. The Bertz CT molecular complexity index is 888. The maximum absolute atomic E-state index is 12.9. The first-order valence-corrected chi connectivity index (χ1v) is 9.32. The van der Waals surface area contributed by atoms with E-state index < -0.39 is 17.9 Å². The highest BCUT2D eigenvalue weighted by atomic mass is 16.5. The Morgan fingerprint density at radius 2 is 1.79 bits per heavy atom. The summed E-state index contributed by atoms with van der Waals surface area (Å²) in [6.07, 6.45) is -0.381. The van der Waals surface area contributed by atoms with Gasteiger partial charge in [-0.1, -0.05) is 19.1 Å². The molecule has 0 aliphatic carbocycles. The summed E-state index contributed by atoms with van der Waals surface area (Å²) in [6.45, 7) is 5.30. The van der Waals surface area contributed by atoms with Crippen molar-refractivity contribution in [2.75, 3.05) is 6.54 Å². The number of ether oxygens (including phenoxy) is 2. The molecule has 0 saturated heterocycles. The lowest BCUT2D eigenvalue weighted by Gasteiger charge is -2.21. The molecular weight excluding hydrogens is 358 g/mol. The molecule has 6 nitrogen and oxygen atoms in total. The number of benzene rings is 2. The lowest BCUT2D eigenvalue weighted by Crippen LogP contribution is -2.45. The molecule has 0 N–H and O–H groups in total. The molecule has 1 aliphatic rings. The van der Waals surface area contributed by atoms with E-state index in [0.29, 0.717) is 23.5 Å². The molecular formula is C22H23NO5. The summed E-state index contributed by atoms with van der Waals surface area (Å²) in [5.41, 5.74) is 0.684. The quantitative estimate of drug-likeness (QED) is 0.566. The molecule has 1 unspecified atom stereocenters. The fourth-order valence-corrected chi connectivity index (χ4v) is 3.00. The molecule has 0 aromatic heterocycles. The number of carbonyl (C=O) groups is 3. The predicted molar refractivity (Wildman–Crippen MR) is 104 cm³/mol. The van der Waals surface area contributed by atoms with E-state index in [0.717, 1.165) is 4.90 Å². The van der Waals surface area contributed by atoms with E-state index in [1.54, 1.807) is 55.5 Å². The SMILES string of the molecule is CCC1Oc2ccccc2C(=O)N(CC(=O)c2ccc(OC(C)C)cc2)C1=O. The van der Waals surface area contributed by atoms with Crippen molar-refractivity contribution in [2.24, 2.45) is 0 Å². The van der Waals surface area contributed by atoms with E-state index >= 15 is 0 Å². The minimum absolute atomic E-state index is 0.0277. The van der Waals surface area contributed by atoms with Crippen molar-refractivity contribution in [1.29, 1.82) is 0 Å². The van der Waals surface area contributed by atoms with Crippen molar-refractivity contribution in [3.63, 3.8) is 0 Å². The third-order valence-electron chi connectivity index (χ3n) is 4.39. The number of nitrogens with zero attached hydrogens (tertiary/aromatic N) is 1. The van der Waals surface area contributed by atoms with E-state index in [9.17, 15) is 14.4 Å². The van der Waals surface area contributed by atoms with Gasteiger partial charge in [0.15, 0.2) is 11.9 Å². The van der Waals surface area contributed by atoms with Crippen molar-refractivity contribution >= 4 is 17.6 Å². The number of hydrogen-bond donors (Lipinski definition) is 0. The second-order valence-electron chi connectivity index (χ2n) is 6.85. The van der Waals surface area contributed by atoms with Crippen LogP contribution in [0.15, 0.2) is 48.5 Å². The Hall–Kier alpha value is -3.15. The number of para-hydroxylation sites is 1. The summed E-state index contributed by atoms with van der Waals surface area (Å²) >= 11 is 0. The molecule has 3 rings (SSSR count). The Morgan fingerprint density at radius 3 is 2.43 bits per heavy atom. The van der Waals surface area contributed by atoms with Gasteiger partial charge in [0.25, 0.3) is 11.8 Å². The van der Waals surface area contributed by atoms with Gasteiger partial charge in [0.05, 0.1) is 18.2 Å². The lowest BCUT2D eigenvalue weighted by molar-refractivity contribution is -0.135. The number of carbonyl (C=O) groups excluding carboxylic acids is 3. The van der Waals surface area contributed by atoms with Gasteiger partial charge in [-0.05, 0) is 56.7 Å². The molecule has 2 aromatic carbocycles. The number of rotatable bonds is 6. The van der Waals surface area contributed by atoms with Crippen LogP contribution in [0.2, 0.25) is 0 Å². The minimum Gasteiger partial charge on any atom is -0.491 e. The van der Waals surface area contributed by atoms with E-state index in [-0.39, 0.29) is 24.0 Å². The Balaban J connectivity index is 1.84. The first-order valence-electron chi connectivity index (χ1n) is 9.32. The average molecular weight is 381 g/mol. The number of imide groups is 1. The van der Waals surface area contributed by atoms with Crippen LogP contribution in [0.1, 0.15) is 47.9 Å². The predicted octanol–water partition coefficient (Wildman–Crippen LogP) is 3.50. The third kappa shape index (κ3) is 4.06. The molecule has 2 amide bonds. The molecule has 1 heterocycles. The molecule has 1 atom stereocenters. The summed E-state index contributed by atoms with van der Waals surface area (Å²) in [6, 6.07) is 13.4. The van der Waals surface area contributed by atoms with Gasteiger partial charge in [0.2, 0.25) is 0 Å². The topological polar surface area (TPSA) is 72.9 Å². The monoisotopic (exact) mass is 381 g/mol. The Morgan fingerprint density at radius 1 is 1.11 bits per heavy atom. The summed E-state index contributed by atoms with van der Waals surface area (Å²) in [5, 5.41) is 0. The van der Waals surface area contributed by atoms with Gasteiger partial charge >= 0.3 is 0 Å². The number of Topliss-reactive ketones (excluding diaryl/α,β-unsaturated/α-hetero) is 1. The first kappa shape index (κ1) is 19.6. The minimum atomic E-state index is -0.804. The zero-order valence-electron chi connectivity index (χ0n) is 16.2. The molecule has 1 aliphatic heterocycles. The Labute approximate surface area is 164 Å². The number of hydrogen-bond acceptors (Lipinski definition) is 5. The zero-order valence-corrected chi connectivity index (χ0v) is 16.2. The number of amides is 2. The highest BCUT2D eigenvalue weighted by molar-refractivity contribution is 6.12. The van der Waals surface area contributed by atoms with Crippen LogP contribution in [0.3, 0.4) is 0 Å².